The minimum Gasteiger partial charge on any atom is -0.490 e. The minimum atomic E-state index is -0.468. The zero-order valence-corrected chi connectivity index (χ0v) is 20.3. The van der Waals surface area contributed by atoms with Crippen molar-refractivity contribution in [3.8, 4) is 11.5 Å². The van der Waals surface area contributed by atoms with Crippen molar-refractivity contribution in [2.75, 3.05) is 6.61 Å². The van der Waals surface area contributed by atoms with Crippen LogP contribution in [-0.4, -0.2) is 17.7 Å². The van der Waals surface area contributed by atoms with Crippen LogP contribution in [0.2, 0.25) is 10.0 Å². The Morgan fingerprint density at radius 2 is 1.85 bits per heavy atom. The van der Waals surface area contributed by atoms with Gasteiger partial charge in [0.15, 0.2) is 16.7 Å². The number of aliphatic imine (C=N–C) groups is 1. The first kappa shape index (κ1) is 24.1. The molecule has 0 spiro atoms. The Kier molecular flexibility index (Phi) is 7.77. The van der Waals surface area contributed by atoms with Crippen LogP contribution in [0.15, 0.2) is 70.6 Å². The highest BCUT2D eigenvalue weighted by Crippen LogP contribution is 2.39. The standard InChI is InChI=1S/C25H19Cl2FN2O3S/c1-2-32-21-12-16(11-18(27)23(21)33-14-15-7-9-17(26)10-8-15)13-22-24(31)30-25(34-22)29-20-6-4-3-5-19(20)28/h3-13H,2,14H2,1H3,(H,29,30,31)/b22-13-. The third-order valence-corrected chi connectivity index (χ3v) is 6.09. The number of hydrogen-bond donors (Lipinski definition) is 1. The van der Waals surface area contributed by atoms with Crippen LogP contribution in [0.3, 0.4) is 0 Å². The average Bonchev–Trinajstić information content (AvgIpc) is 3.14. The van der Waals surface area contributed by atoms with Crippen molar-refractivity contribution < 1.29 is 18.7 Å². The Labute approximate surface area is 210 Å². The van der Waals surface area contributed by atoms with E-state index in [1.807, 2.05) is 19.1 Å². The summed E-state index contributed by atoms with van der Waals surface area (Å²) in [5, 5.41) is 3.93. The average molecular weight is 517 g/mol. The summed E-state index contributed by atoms with van der Waals surface area (Å²) in [6, 6.07) is 16.8. The van der Waals surface area contributed by atoms with Gasteiger partial charge < -0.3 is 14.8 Å². The molecular weight excluding hydrogens is 498 g/mol. The Morgan fingerprint density at radius 3 is 2.59 bits per heavy atom. The number of carbonyl (C=O) groups is 1. The first-order valence-corrected chi connectivity index (χ1v) is 11.9. The highest BCUT2D eigenvalue weighted by molar-refractivity contribution is 8.18. The monoisotopic (exact) mass is 516 g/mol. The van der Waals surface area contributed by atoms with Gasteiger partial charge in [0.25, 0.3) is 5.91 Å². The van der Waals surface area contributed by atoms with E-state index in [0.717, 1.165) is 17.3 Å². The maximum Gasteiger partial charge on any atom is 0.264 e. The molecule has 0 radical (unpaired) electrons. The third-order valence-electron chi connectivity index (χ3n) is 4.65. The van der Waals surface area contributed by atoms with Gasteiger partial charge in [-0.2, -0.15) is 0 Å². The lowest BCUT2D eigenvalue weighted by Gasteiger charge is -2.15. The van der Waals surface area contributed by atoms with Gasteiger partial charge in [-0.3, -0.25) is 4.79 Å². The molecule has 0 bridgehead atoms. The van der Waals surface area contributed by atoms with Gasteiger partial charge in [0.05, 0.1) is 16.5 Å². The summed E-state index contributed by atoms with van der Waals surface area (Å²) in [6.45, 7) is 2.54. The molecule has 3 aromatic carbocycles. The molecule has 1 aliphatic heterocycles. The molecule has 3 aromatic rings. The molecule has 1 N–H and O–H groups in total. The fraction of sp³-hybridized carbons (Fsp3) is 0.120. The van der Waals surface area contributed by atoms with E-state index in [1.165, 1.54) is 12.1 Å². The first-order valence-electron chi connectivity index (χ1n) is 10.3. The van der Waals surface area contributed by atoms with Crippen LogP contribution in [0.5, 0.6) is 11.5 Å². The number of amidine groups is 1. The van der Waals surface area contributed by atoms with E-state index in [1.54, 1.807) is 42.5 Å². The smallest absolute Gasteiger partial charge is 0.264 e. The molecule has 9 heteroatoms. The first-order chi connectivity index (χ1) is 16.4. The van der Waals surface area contributed by atoms with Gasteiger partial charge in [0.1, 0.15) is 18.1 Å². The number of halogens is 3. The summed E-state index contributed by atoms with van der Waals surface area (Å²) >= 11 is 13.6. The van der Waals surface area contributed by atoms with E-state index in [2.05, 4.69) is 10.3 Å². The summed E-state index contributed by atoms with van der Waals surface area (Å²) in [5.74, 6) is 0.0623. The fourth-order valence-corrected chi connectivity index (χ4v) is 4.33. The molecule has 0 aromatic heterocycles. The summed E-state index contributed by atoms with van der Waals surface area (Å²) in [6.07, 6.45) is 1.67. The zero-order valence-electron chi connectivity index (χ0n) is 18.0. The summed E-state index contributed by atoms with van der Waals surface area (Å²) < 4.78 is 25.5. The van der Waals surface area contributed by atoms with Crippen molar-refractivity contribution in [1.82, 2.24) is 5.32 Å². The van der Waals surface area contributed by atoms with Gasteiger partial charge in [-0.05, 0) is 72.3 Å². The SMILES string of the molecule is CCOc1cc(/C=C2\SC(=Nc3ccccc3F)NC2=O)cc(Cl)c1OCc1ccc(Cl)cc1. The van der Waals surface area contributed by atoms with E-state index < -0.39 is 5.82 Å². The van der Waals surface area contributed by atoms with Crippen LogP contribution in [0.25, 0.3) is 6.08 Å². The summed E-state index contributed by atoms with van der Waals surface area (Å²) in [5.41, 5.74) is 1.72. The predicted octanol–water partition coefficient (Wildman–Crippen LogP) is 7.00. The summed E-state index contributed by atoms with van der Waals surface area (Å²) in [7, 11) is 0. The minimum absolute atomic E-state index is 0.149. The Balaban J connectivity index is 1.56. The second-order valence-corrected chi connectivity index (χ2v) is 8.99. The Morgan fingerprint density at radius 1 is 1.09 bits per heavy atom. The quantitative estimate of drug-likeness (QED) is 0.343. The zero-order chi connectivity index (χ0) is 24.1. The molecule has 34 heavy (non-hydrogen) atoms. The van der Waals surface area contributed by atoms with E-state index in [-0.39, 0.29) is 18.2 Å². The van der Waals surface area contributed by atoms with Crippen LogP contribution >= 0.6 is 35.0 Å². The number of nitrogens with one attached hydrogen (secondary N) is 1. The van der Waals surface area contributed by atoms with Crippen molar-refractivity contribution in [3.05, 3.63) is 92.6 Å². The van der Waals surface area contributed by atoms with Crippen LogP contribution < -0.4 is 14.8 Å². The van der Waals surface area contributed by atoms with Crippen LogP contribution in [0.4, 0.5) is 10.1 Å². The van der Waals surface area contributed by atoms with Gasteiger partial charge >= 0.3 is 0 Å². The molecule has 1 saturated heterocycles. The fourth-order valence-electron chi connectivity index (χ4n) is 3.09. The van der Waals surface area contributed by atoms with Crippen molar-refractivity contribution in [2.24, 2.45) is 4.99 Å². The number of hydrogen-bond acceptors (Lipinski definition) is 5. The van der Waals surface area contributed by atoms with E-state index in [0.29, 0.717) is 43.8 Å². The molecular formula is C25H19Cl2FN2O3S. The molecule has 174 valence electrons. The van der Waals surface area contributed by atoms with Crippen molar-refractivity contribution in [2.45, 2.75) is 13.5 Å². The van der Waals surface area contributed by atoms with Crippen molar-refractivity contribution in [3.63, 3.8) is 0 Å². The molecule has 4 rings (SSSR count). The van der Waals surface area contributed by atoms with E-state index in [9.17, 15) is 9.18 Å². The maximum atomic E-state index is 13.9. The van der Waals surface area contributed by atoms with Gasteiger partial charge in [-0.15, -0.1) is 0 Å². The molecule has 5 nitrogen and oxygen atoms in total. The molecule has 1 heterocycles. The summed E-state index contributed by atoms with van der Waals surface area (Å²) in [4.78, 5) is 17.0. The lowest BCUT2D eigenvalue weighted by Crippen LogP contribution is -2.19. The van der Waals surface area contributed by atoms with Gasteiger partial charge in [0.2, 0.25) is 0 Å². The number of rotatable bonds is 7. The molecule has 1 amide bonds. The van der Waals surface area contributed by atoms with Crippen LogP contribution in [0.1, 0.15) is 18.1 Å². The third kappa shape index (κ3) is 5.91. The van der Waals surface area contributed by atoms with Gasteiger partial charge in [0, 0.05) is 5.02 Å². The van der Waals surface area contributed by atoms with Crippen LogP contribution in [0, 0.1) is 5.82 Å². The van der Waals surface area contributed by atoms with E-state index >= 15 is 0 Å². The van der Waals surface area contributed by atoms with Crippen molar-refractivity contribution in [1.29, 1.82) is 0 Å². The molecule has 0 unspecified atom stereocenters. The number of ether oxygens (including phenoxy) is 2. The van der Waals surface area contributed by atoms with Crippen molar-refractivity contribution >= 4 is 57.8 Å². The number of nitrogens with zero attached hydrogens (tertiary/aromatic N) is 1. The Bertz CT molecular complexity index is 1280. The maximum absolute atomic E-state index is 13.9. The topological polar surface area (TPSA) is 59.9 Å². The predicted molar refractivity (Wildman–Crippen MR) is 136 cm³/mol. The lowest BCUT2D eigenvalue weighted by molar-refractivity contribution is -0.115. The van der Waals surface area contributed by atoms with E-state index in [4.69, 9.17) is 32.7 Å². The molecule has 1 aliphatic rings. The van der Waals surface area contributed by atoms with Gasteiger partial charge in [-0.25, -0.2) is 9.38 Å². The number of amides is 1. The Hall–Kier alpha value is -3.00. The normalized spacial score (nSPS) is 15.6. The number of carbonyl (C=O) groups excluding carboxylic acids is 1. The highest BCUT2D eigenvalue weighted by Gasteiger charge is 2.24. The molecule has 0 aliphatic carbocycles. The molecule has 0 saturated carbocycles. The molecule has 1 fully saturated rings. The largest absolute Gasteiger partial charge is 0.490 e. The number of benzene rings is 3. The number of para-hydroxylation sites is 1. The second kappa shape index (κ2) is 11.0. The lowest BCUT2D eigenvalue weighted by atomic mass is 10.1. The van der Waals surface area contributed by atoms with Gasteiger partial charge in [-0.1, -0.05) is 47.5 Å². The second-order valence-electron chi connectivity index (χ2n) is 7.11. The number of thioether (sulfide) groups is 1. The van der Waals surface area contributed by atoms with Crippen LogP contribution in [-0.2, 0) is 11.4 Å². The highest BCUT2D eigenvalue weighted by atomic mass is 35.5. The molecule has 0 atom stereocenters.